The fourth-order valence-corrected chi connectivity index (χ4v) is 4.04. The van der Waals surface area contributed by atoms with Crippen LogP contribution in [0.4, 0.5) is 0 Å². The molecule has 0 amide bonds. The molecule has 0 unspecified atom stereocenters. The van der Waals surface area contributed by atoms with E-state index in [1.165, 1.54) is 4.31 Å². The van der Waals surface area contributed by atoms with E-state index < -0.39 is 10.0 Å². The van der Waals surface area contributed by atoms with Crippen molar-refractivity contribution < 1.29 is 8.42 Å². The van der Waals surface area contributed by atoms with Crippen LogP contribution >= 0.6 is 0 Å². The summed E-state index contributed by atoms with van der Waals surface area (Å²) in [6.07, 6.45) is 3.73. The van der Waals surface area contributed by atoms with Crippen LogP contribution in [0.5, 0.6) is 0 Å². The van der Waals surface area contributed by atoms with Gasteiger partial charge >= 0.3 is 0 Å². The highest BCUT2D eigenvalue weighted by Gasteiger charge is 2.34. The lowest BCUT2D eigenvalue weighted by molar-refractivity contribution is 0.445. The highest BCUT2D eigenvalue weighted by atomic mass is 32.2. The molecule has 2 rings (SSSR count). The summed E-state index contributed by atoms with van der Waals surface area (Å²) in [5.74, 6) is 0.0886. The molecule has 1 aromatic rings. The number of nitrogens with one attached hydrogen (secondary N) is 1. The second kappa shape index (κ2) is 7.79. The number of hydrogen-bond donors (Lipinski definition) is 2. The lowest BCUT2D eigenvalue weighted by Gasteiger charge is -2.21. The molecule has 0 saturated carbocycles. The third kappa shape index (κ3) is 4.03. The van der Waals surface area contributed by atoms with Crippen molar-refractivity contribution in [2.75, 3.05) is 26.2 Å². The van der Waals surface area contributed by atoms with Crippen molar-refractivity contribution in [1.82, 2.24) is 9.21 Å². The van der Waals surface area contributed by atoms with Gasteiger partial charge < -0.3 is 10.6 Å². The molecule has 0 atom stereocenters. The highest BCUT2D eigenvalue weighted by molar-refractivity contribution is 7.89. The normalized spacial score (nSPS) is 15.5. The third-order valence-electron chi connectivity index (χ3n) is 4.07. The number of hydrogen-bond acceptors (Lipinski definition) is 4. The Hall–Kier alpha value is -1.60. The summed E-state index contributed by atoms with van der Waals surface area (Å²) in [7, 11) is -3.64. The van der Waals surface area contributed by atoms with Gasteiger partial charge in [0.15, 0.2) is 0 Å². The monoisotopic (exact) mass is 338 g/mol. The molecule has 23 heavy (non-hydrogen) atoms. The minimum absolute atomic E-state index is 0.0886. The van der Waals surface area contributed by atoms with E-state index in [0.717, 1.165) is 37.8 Å². The first-order valence-electron chi connectivity index (χ1n) is 8.16. The van der Waals surface area contributed by atoms with Crippen LogP contribution in [-0.4, -0.2) is 49.8 Å². The number of unbranched alkanes of at least 4 members (excludes halogenated alkanes) is 1. The molecule has 0 bridgehead atoms. The Morgan fingerprint density at radius 1 is 1.17 bits per heavy atom. The van der Waals surface area contributed by atoms with Gasteiger partial charge in [-0.2, -0.15) is 0 Å². The Bertz CT molecular complexity index is 628. The summed E-state index contributed by atoms with van der Waals surface area (Å²) in [5.41, 5.74) is 6.57. The van der Waals surface area contributed by atoms with Gasteiger partial charge in [-0.15, -0.1) is 0 Å². The molecule has 1 saturated heterocycles. The van der Waals surface area contributed by atoms with E-state index in [0.29, 0.717) is 19.6 Å². The van der Waals surface area contributed by atoms with Gasteiger partial charge in [-0.25, -0.2) is 12.7 Å². The lowest BCUT2D eigenvalue weighted by atomic mass is 10.1. The minimum Gasteiger partial charge on any atom is -0.340 e. The molecule has 0 spiro atoms. The summed E-state index contributed by atoms with van der Waals surface area (Å²) >= 11 is 0. The van der Waals surface area contributed by atoms with Crippen molar-refractivity contribution in [3.63, 3.8) is 0 Å². The molecule has 0 aromatic heterocycles. The number of aryl methyl sites for hydroxylation is 1. The molecular weight excluding hydrogens is 312 g/mol. The van der Waals surface area contributed by atoms with Crippen LogP contribution in [0.2, 0.25) is 0 Å². The van der Waals surface area contributed by atoms with E-state index in [1.807, 2.05) is 17.0 Å². The average Bonchev–Trinajstić information content (AvgIpc) is 2.93. The van der Waals surface area contributed by atoms with E-state index in [-0.39, 0.29) is 10.9 Å². The van der Waals surface area contributed by atoms with Gasteiger partial charge in [0, 0.05) is 13.1 Å². The fourth-order valence-electron chi connectivity index (χ4n) is 2.64. The summed E-state index contributed by atoms with van der Waals surface area (Å²) in [4.78, 5) is 2.08. The standard InChI is InChI=1S/C16H26N4O2S/c1-2-3-11-19-12-13-20(16(19)18)23(21,22)15-8-6-14(7-9-15)5-4-10-17/h6-9,18H,2-5,10-13,17H2,1H3. The maximum Gasteiger partial charge on any atom is 0.266 e. The van der Waals surface area contributed by atoms with E-state index in [1.54, 1.807) is 12.1 Å². The molecule has 1 aromatic carbocycles. The first-order valence-corrected chi connectivity index (χ1v) is 9.60. The minimum atomic E-state index is -3.64. The van der Waals surface area contributed by atoms with Crippen molar-refractivity contribution in [1.29, 1.82) is 5.41 Å². The second-order valence-electron chi connectivity index (χ2n) is 5.78. The van der Waals surface area contributed by atoms with Gasteiger partial charge in [0.05, 0.1) is 11.4 Å². The van der Waals surface area contributed by atoms with Crippen LogP contribution in [0.3, 0.4) is 0 Å². The van der Waals surface area contributed by atoms with Gasteiger partial charge in [-0.1, -0.05) is 25.5 Å². The molecule has 3 N–H and O–H groups in total. The molecular formula is C16H26N4O2S. The van der Waals surface area contributed by atoms with Gasteiger partial charge in [-0.3, -0.25) is 5.41 Å². The summed E-state index contributed by atoms with van der Waals surface area (Å²) in [5, 5.41) is 8.14. The molecule has 0 radical (unpaired) electrons. The van der Waals surface area contributed by atoms with Crippen LogP contribution in [0.15, 0.2) is 29.2 Å². The maximum absolute atomic E-state index is 12.7. The molecule has 1 heterocycles. The third-order valence-corrected chi connectivity index (χ3v) is 5.87. The topological polar surface area (TPSA) is 90.5 Å². The lowest BCUT2D eigenvalue weighted by Crippen LogP contribution is -2.37. The SMILES string of the molecule is CCCCN1CCN(S(=O)(=O)c2ccc(CCCN)cc2)C1=N. The van der Waals surface area contributed by atoms with Crippen LogP contribution in [0.1, 0.15) is 31.7 Å². The van der Waals surface area contributed by atoms with E-state index in [2.05, 4.69) is 6.92 Å². The van der Waals surface area contributed by atoms with Crippen molar-refractivity contribution in [3.8, 4) is 0 Å². The highest BCUT2D eigenvalue weighted by Crippen LogP contribution is 2.21. The van der Waals surface area contributed by atoms with Gasteiger partial charge in [0.1, 0.15) is 0 Å². The van der Waals surface area contributed by atoms with E-state index in [4.69, 9.17) is 11.1 Å². The number of benzene rings is 1. The molecule has 0 aliphatic carbocycles. The maximum atomic E-state index is 12.7. The first kappa shape index (κ1) is 17.7. The molecule has 7 heteroatoms. The molecule has 1 aliphatic rings. The second-order valence-corrected chi connectivity index (χ2v) is 7.64. The van der Waals surface area contributed by atoms with Crippen molar-refractivity contribution in [2.45, 2.75) is 37.5 Å². The smallest absolute Gasteiger partial charge is 0.266 e. The fraction of sp³-hybridized carbons (Fsp3) is 0.562. The average molecular weight is 338 g/mol. The van der Waals surface area contributed by atoms with Gasteiger partial charge in [-0.05, 0) is 43.5 Å². The predicted octanol–water partition coefficient (Wildman–Crippen LogP) is 1.62. The molecule has 1 aliphatic heterocycles. The van der Waals surface area contributed by atoms with E-state index in [9.17, 15) is 8.42 Å². The Morgan fingerprint density at radius 2 is 1.87 bits per heavy atom. The number of nitrogens with two attached hydrogens (primary N) is 1. The van der Waals surface area contributed by atoms with Crippen LogP contribution in [0.25, 0.3) is 0 Å². The summed E-state index contributed by atoms with van der Waals surface area (Å²) in [6, 6.07) is 6.92. The Morgan fingerprint density at radius 3 is 2.48 bits per heavy atom. The molecule has 128 valence electrons. The summed E-state index contributed by atoms with van der Waals surface area (Å²) in [6.45, 7) is 4.38. The zero-order chi connectivity index (χ0) is 16.9. The zero-order valence-corrected chi connectivity index (χ0v) is 14.5. The Labute approximate surface area is 138 Å². The Balaban J connectivity index is 2.11. The number of rotatable bonds is 8. The number of nitrogens with zero attached hydrogens (tertiary/aromatic N) is 2. The number of guanidine groups is 1. The first-order chi connectivity index (χ1) is 11.0. The van der Waals surface area contributed by atoms with Crippen molar-refractivity contribution in [3.05, 3.63) is 29.8 Å². The van der Waals surface area contributed by atoms with Gasteiger partial charge in [0.2, 0.25) is 5.96 Å². The van der Waals surface area contributed by atoms with E-state index >= 15 is 0 Å². The quantitative estimate of drug-likeness (QED) is 0.753. The van der Waals surface area contributed by atoms with Crippen LogP contribution in [0, 0.1) is 5.41 Å². The summed E-state index contributed by atoms with van der Waals surface area (Å²) < 4.78 is 26.7. The largest absolute Gasteiger partial charge is 0.340 e. The van der Waals surface area contributed by atoms with Crippen LogP contribution < -0.4 is 5.73 Å². The molecule has 6 nitrogen and oxygen atoms in total. The Kier molecular flexibility index (Phi) is 6.01. The van der Waals surface area contributed by atoms with Crippen LogP contribution in [-0.2, 0) is 16.4 Å². The zero-order valence-electron chi connectivity index (χ0n) is 13.7. The number of sulfonamides is 1. The van der Waals surface area contributed by atoms with Crippen molar-refractivity contribution in [2.24, 2.45) is 5.73 Å². The predicted molar refractivity (Wildman–Crippen MR) is 91.9 cm³/mol. The van der Waals surface area contributed by atoms with Gasteiger partial charge in [0.25, 0.3) is 10.0 Å². The molecule has 1 fully saturated rings. The van der Waals surface area contributed by atoms with Crippen molar-refractivity contribution >= 4 is 16.0 Å².